The van der Waals surface area contributed by atoms with Gasteiger partial charge in [-0.2, -0.15) is 9.78 Å². The van der Waals surface area contributed by atoms with Crippen molar-refractivity contribution in [2.24, 2.45) is 0 Å². The molecule has 0 saturated carbocycles. The number of nitrogens with one attached hydrogen (secondary N) is 1. The molecule has 9 nitrogen and oxygen atoms in total. The van der Waals surface area contributed by atoms with E-state index in [-0.39, 0.29) is 12.2 Å². The van der Waals surface area contributed by atoms with E-state index >= 15 is 0 Å². The SMILES string of the molecule is O=C(NCCN1CCOCC1)c1nn(-c2ccccc2)c(=O)n(Cc2cccc(Cl)c2)c1=O. The standard InChI is InChI=1S/C23H24ClN5O4/c24-18-6-4-5-17(15-18)16-28-22(31)20(21(30)25-9-10-27-11-13-33-14-12-27)26-29(23(28)32)19-7-2-1-3-8-19/h1-8,15H,9-14,16H2,(H,25,30). The van der Waals surface area contributed by atoms with E-state index < -0.39 is 17.2 Å². The van der Waals surface area contributed by atoms with Crippen molar-refractivity contribution < 1.29 is 9.53 Å². The van der Waals surface area contributed by atoms with E-state index in [4.69, 9.17) is 16.3 Å². The van der Waals surface area contributed by atoms with Gasteiger partial charge in [0.25, 0.3) is 11.5 Å². The molecule has 1 aromatic heterocycles. The monoisotopic (exact) mass is 469 g/mol. The fraction of sp³-hybridized carbons (Fsp3) is 0.304. The lowest BCUT2D eigenvalue weighted by Crippen LogP contribution is -2.47. The van der Waals surface area contributed by atoms with Gasteiger partial charge >= 0.3 is 5.69 Å². The van der Waals surface area contributed by atoms with Crippen LogP contribution >= 0.6 is 11.6 Å². The number of rotatable bonds is 7. The Kier molecular flexibility index (Phi) is 7.33. The number of carbonyl (C=O) groups excluding carboxylic acids is 1. The smallest absolute Gasteiger partial charge is 0.352 e. The van der Waals surface area contributed by atoms with E-state index in [2.05, 4.69) is 15.3 Å². The second-order valence-corrected chi connectivity index (χ2v) is 8.05. The molecule has 0 unspecified atom stereocenters. The van der Waals surface area contributed by atoms with Crippen molar-refractivity contribution in [2.75, 3.05) is 39.4 Å². The van der Waals surface area contributed by atoms with Crippen LogP contribution in [-0.4, -0.2) is 64.5 Å². The van der Waals surface area contributed by atoms with Gasteiger partial charge in [0.05, 0.1) is 25.4 Å². The summed E-state index contributed by atoms with van der Waals surface area (Å²) in [6, 6.07) is 15.5. The molecule has 10 heteroatoms. The van der Waals surface area contributed by atoms with E-state index in [1.807, 2.05) is 0 Å². The molecule has 1 N–H and O–H groups in total. The molecule has 0 spiro atoms. The topological polar surface area (TPSA) is 98.5 Å². The molecule has 1 amide bonds. The molecule has 3 aromatic rings. The van der Waals surface area contributed by atoms with E-state index in [0.29, 0.717) is 42.6 Å². The van der Waals surface area contributed by atoms with Crippen LogP contribution in [0.25, 0.3) is 5.69 Å². The molecule has 1 fully saturated rings. The minimum Gasteiger partial charge on any atom is -0.379 e. The summed E-state index contributed by atoms with van der Waals surface area (Å²) in [7, 11) is 0. The molecule has 4 rings (SSSR count). The number of hydrogen-bond acceptors (Lipinski definition) is 6. The second-order valence-electron chi connectivity index (χ2n) is 7.61. The maximum atomic E-state index is 13.2. The van der Waals surface area contributed by atoms with Crippen molar-refractivity contribution in [1.29, 1.82) is 0 Å². The first-order chi connectivity index (χ1) is 16.0. The first kappa shape index (κ1) is 22.9. The molecule has 1 aliphatic rings. The number of benzene rings is 2. The quantitative estimate of drug-likeness (QED) is 0.557. The summed E-state index contributed by atoms with van der Waals surface area (Å²) in [5.41, 5.74) is -0.634. The Bertz CT molecular complexity index is 1240. The van der Waals surface area contributed by atoms with Crippen LogP contribution in [-0.2, 0) is 11.3 Å². The van der Waals surface area contributed by atoms with E-state index in [9.17, 15) is 14.4 Å². The van der Waals surface area contributed by atoms with Crippen molar-refractivity contribution in [3.8, 4) is 5.69 Å². The number of aromatic nitrogens is 3. The van der Waals surface area contributed by atoms with Gasteiger partial charge in [-0.3, -0.25) is 19.1 Å². The number of ether oxygens (including phenoxy) is 1. The number of carbonyl (C=O) groups is 1. The Morgan fingerprint density at radius 1 is 1.06 bits per heavy atom. The molecule has 0 bridgehead atoms. The molecule has 2 heterocycles. The zero-order chi connectivity index (χ0) is 23.2. The van der Waals surface area contributed by atoms with Gasteiger partial charge in [-0.15, -0.1) is 0 Å². The number of amides is 1. The van der Waals surface area contributed by atoms with Gasteiger partial charge in [0.2, 0.25) is 5.69 Å². The molecule has 0 atom stereocenters. The highest BCUT2D eigenvalue weighted by atomic mass is 35.5. The third-order valence-corrected chi connectivity index (χ3v) is 5.56. The third-order valence-electron chi connectivity index (χ3n) is 5.32. The zero-order valence-corrected chi connectivity index (χ0v) is 18.7. The van der Waals surface area contributed by atoms with Gasteiger partial charge < -0.3 is 10.1 Å². The van der Waals surface area contributed by atoms with E-state index in [0.717, 1.165) is 22.3 Å². The molecule has 0 aliphatic carbocycles. The average molecular weight is 470 g/mol. The molecule has 1 aliphatic heterocycles. The first-order valence-electron chi connectivity index (χ1n) is 10.7. The Balaban J connectivity index is 1.66. The van der Waals surface area contributed by atoms with Crippen LogP contribution in [0.3, 0.4) is 0 Å². The van der Waals surface area contributed by atoms with Crippen molar-refractivity contribution >= 4 is 17.5 Å². The summed E-state index contributed by atoms with van der Waals surface area (Å²) < 4.78 is 7.40. The molecule has 1 saturated heterocycles. The molecule has 0 radical (unpaired) electrons. The predicted octanol–water partition coefficient (Wildman–Crippen LogP) is 1.16. The highest BCUT2D eigenvalue weighted by Gasteiger charge is 2.21. The Morgan fingerprint density at radius 2 is 1.82 bits per heavy atom. The Labute approximate surface area is 195 Å². The van der Waals surface area contributed by atoms with Crippen LogP contribution in [0.2, 0.25) is 5.02 Å². The Morgan fingerprint density at radius 3 is 2.55 bits per heavy atom. The fourth-order valence-corrected chi connectivity index (χ4v) is 3.80. The van der Waals surface area contributed by atoms with Crippen molar-refractivity contribution in [3.05, 3.63) is 91.7 Å². The highest BCUT2D eigenvalue weighted by Crippen LogP contribution is 2.11. The summed E-state index contributed by atoms with van der Waals surface area (Å²) in [4.78, 5) is 41.4. The van der Waals surface area contributed by atoms with Crippen molar-refractivity contribution in [2.45, 2.75) is 6.54 Å². The lowest BCUT2D eigenvalue weighted by Gasteiger charge is -2.26. The summed E-state index contributed by atoms with van der Waals surface area (Å²) in [5, 5.41) is 7.36. The van der Waals surface area contributed by atoms with Crippen LogP contribution in [0, 0.1) is 0 Å². The maximum absolute atomic E-state index is 13.2. The second kappa shape index (κ2) is 10.6. The Hall–Kier alpha value is -3.27. The van der Waals surface area contributed by atoms with Gasteiger partial charge in [0.15, 0.2) is 0 Å². The van der Waals surface area contributed by atoms with Crippen molar-refractivity contribution in [3.63, 3.8) is 0 Å². The minimum atomic E-state index is -0.754. The number of para-hydroxylation sites is 1. The minimum absolute atomic E-state index is 0.0400. The molecular weight excluding hydrogens is 446 g/mol. The van der Waals surface area contributed by atoms with Crippen LogP contribution in [0.5, 0.6) is 0 Å². The highest BCUT2D eigenvalue weighted by molar-refractivity contribution is 6.30. The summed E-state index contributed by atoms with van der Waals surface area (Å²) in [6.45, 7) is 3.83. The van der Waals surface area contributed by atoms with Crippen molar-refractivity contribution in [1.82, 2.24) is 24.6 Å². The fourth-order valence-electron chi connectivity index (χ4n) is 3.59. The number of halogens is 1. The molecule has 33 heavy (non-hydrogen) atoms. The van der Waals surface area contributed by atoms with Gasteiger partial charge in [0, 0.05) is 31.2 Å². The summed E-state index contributed by atoms with van der Waals surface area (Å²) in [5.74, 6) is -0.627. The van der Waals surface area contributed by atoms with Gasteiger partial charge in [-0.1, -0.05) is 41.9 Å². The molecular formula is C23H24ClN5O4. The lowest BCUT2D eigenvalue weighted by atomic mass is 10.2. The predicted molar refractivity (Wildman–Crippen MR) is 124 cm³/mol. The molecule has 172 valence electrons. The largest absolute Gasteiger partial charge is 0.379 e. The van der Waals surface area contributed by atoms with Crippen LogP contribution in [0.1, 0.15) is 16.1 Å². The van der Waals surface area contributed by atoms with Crippen LogP contribution < -0.4 is 16.6 Å². The van der Waals surface area contributed by atoms with Crippen LogP contribution in [0.4, 0.5) is 0 Å². The maximum Gasteiger partial charge on any atom is 0.352 e. The third kappa shape index (κ3) is 5.57. The lowest BCUT2D eigenvalue weighted by molar-refractivity contribution is 0.0383. The first-order valence-corrected chi connectivity index (χ1v) is 11.0. The van der Waals surface area contributed by atoms with Gasteiger partial charge in [-0.05, 0) is 29.8 Å². The van der Waals surface area contributed by atoms with E-state index in [1.54, 1.807) is 54.6 Å². The van der Waals surface area contributed by atoms with Gasteiger partial charge in [-0.25, -0.2) is 4.79 Å². The summed E-state index contributed by atoms with van der Waals surface area (Å²) >= 11 is 6.06. The van der Waals surface area contributed by atoms with Gasteiger partial charge in [0.1, 0.15) is 0 Å². The van der Waals surface area contributed by atoms with Crippen LogP contribution in [0.15, 0.2) is 64.2 Å². The summed E-state index contributed by atoms with van der Waals surface area (Å²) in [6.07, 6.45) is 0. The zero-order valence-electron chi connectivity index (χ0n) is 17.9. The van der Waals surface area contributed by atoms with E-state index in [1.165, 1.54) is 0 Å². The normalized spacial score (nSPS) is 14.2. The number of nitrogens with zero attached hydrogens (tertiary/aromatic N) is 4. The molecule has 2 aromatic carbocycles. The number of hydrogen-bond donors (Lipinski definition) is 1. The average Bonchev–Trinajstić information content (AvgIpc) is 2.83. The number of morpholine rings is 1.